The zero-order valence-electron chi connectivity index (χ0n) is 50.5. The van der Waals surface area contributed by atoms with Crippen LogP contribution in [0.1, 0.15) is 191 Å². The molecule has 0 heterocycles. The Morgan fingerprint density at radius 1 is 0.452 bits per heavy atom. The topological polar surface area (TPSA) is 157 Å². The maximum Gasteiger partial charge on any atom is 0.350 e. The molecule has 0 aliphatic rings. The van der Waals surface area contributed by atoms with Crippen molar-refractivity contribution in [3.05, 3.63) is 186 Å². The van der Waals surface area contributed by atoms with E-state index in [0.29, 0.717) is 48.1 Å². The Morgan fingerprint density at radius 3 is 1.15 bits per heavy atom. The summed E-state index contributed by atoms with van der Waals surface area (Å²) in [4.78, 5) is 33.5. The second-order valence-corrected chi connectivity index (χ2v) is 21.4. The third-order valence-corrected chi connectivity index (χ3v) is 14.8. The second-order valence-electron chi connectivity index (χ2n) is 21.4. The van der Waals surface area contributed by atoms with Gasteiger partial charge in [0.1, 0.15) is 34.9 Å². The largest absolute Gasteiger partial charge is 0.507 e. The first-order valence-electron chi connectivity index (χ1n) is 30.7. The van der Waals surface area contributed by atoms with Crippen LogP contribution in [0.15, 0.2) is 158 Å². The minimum Gasteiger partial charge on any atom is -0.507 e. The number of aliphatic hydroxyl groups excluding tert-OH is 3. The maximum atomic E-state index is 12.4. The summed E-state index contributed by atoms with van der Waals surface area (Å²) in [6.45, 7) is 12.3. The number of unbranched alkanes of at least 4 members (excludes halogenated alkanes) is 14. The quantitative estimate of drug-likeness (QED) is 0.00662. The number of aliphatic hydroxyl groups is 3. The molecule has 6 aromatic carbocycles. The number of carbonyl (C=O) groups excluding carboxylic acids is 3. The molecule has 0 aromatic heterocycles. The van der Waals surface area contributed by atoms with Crippen LogP contribution in [0.5, 0.6) is 17.2 Å². The molecule has 0 bridgehead atoms. The molecule has 2 atom stereocenters. The zero-order valence-corrected chi connectivity index (χ0v) is 51.4. The van der Waals surface area contributed by atoms with E-state index in [9.17, 15) is 29.7 Å². The van der Waals surface area contributed by atoms with Crippen LogP contribution in [0.3, 0.4) is 0 Å². The molecule has 11 heteroatoms. The Hall–Kier alpha value is -6.91. The number of esters is 1. The van der Waals surface area contributed by atoms with Gasteiger partial charge in [0, 0.05) is 34.8 Å². The maximum absolute atomic E-state index is 12.4. The monoisotopic (exact) mass is 1190 g/mol. The van der Waals surface area contributed by atoms with Crippen LogP contribution in [0.2, 0.25) is 0 Å². The van der Waals surface area contributed by atoms with E-state index >= 15 is 0 Å². The molecular formula is C73H94CuO10+2. The van der Waals surface area contributed by atoms with Crippen molar-refractivity contribution < 1.29 is 65.7 Å². The Kier molecular flexibility index (Phi) is 33.4. The normalized spacial score (nSPS) is 12.0. The number of hydrogen-bond acceptors (Lipinski definition) is 8. The molecule has 5 N–H and O–H groups in total. The second kappa shape index (κ2) is 40.4. The molecule has 0 aliphatic heterocycles. The minimum absolute atomic E-state index is 0. The summed E-state index contributed by atoms with van der Waals surface area (Å²) in [5.41, 5.74) is 7.32. The van der Waals surface area contributed by atoms with Gasteiger partial charge in [0.2, 0.25) is 0 Å². The molecule has 0 spiro atoms. The summed E-state index contributed by atoms with van der Waals surface area (Å²) in [6, 6.07) is 45.5. The smallest absolute Gasteiger partial charge is 0.350 e. The van der Waals surface area contributed by atoms with Gasteiger partial charge in [-0.25, -0.2) is 0 Å². The predicted octanol–water partition coefficient (Wildman–Crippen LogP) is 18.5. The number of rotatable bonds is 37. The van der Waals surface area contributed by atoms with E-state index in [1.807, 2.05) is 106 Å². The van der Waals surface area contributed by atoms with Crippen LogP contribution in [0.25, 0.3) is 33.8 Å². The van der Waals surface area contributed by atoms with Crippen molar-refractivity contribution in [2.24, 2.45) is 5.92 Å². The summed E-state index contributed by atoms with van der Waals surface area (Å²) < 4.78 is 23.0. The van der Waals surface area contributed by atoms with E-state index in [-0.39, 0.29) is 58.6 Å². The zero-order chi connectivity index (χ0) is 59.4. The number of carbonyl (C=O) groups is 1. The summed E-state index contributed by atoms with van der Waals surface area (Å²) in [7, 11) is 0. The average Bonchev–Trinajstić information content (AvgIpc) is 3.56. The van der Waals surface area contributed by atoms with Crippen molar-refractivity contribution in [3.63, 3.8) is 0 Å². The van der Waals surface area contributed by atoms with Gasteiger partial charge in [0.25, 0.3) is 0 Å². The van der Waals surface area contributed by atoms with E-state index in [4.69, 9.17) is 18.9 Å². The standard InChI is InChI=1S/C40H52O6.C33H40O4.Cu/c1-4-6-7-8-9-10-11-12-28-45-36-25-23-32(24-26-36)31-15-17-33(18-16-31)37(42)29-38(43)34-19-21-35(22-20-34)39(14-13-27-41)46-40(44)30(3)5-2;1-3-5-6-7-8-9-10-11-24-37-31-20-16-27(17-21-31)26-12-14-28(15-13-26)32(34)25-33(35)29-18-22-30(23-19-29)36-4-2;/h15-26,29-30,39,41-42H,4-14,27-28H2,1-3H3;12-23,25,34H,3-11,24H2,1-2H3;/p+2/b37-29-;32-25-;. The van der Waals surface area contributed by atoms with Gasteiger partial charge >= 0.3 is 17.5 Å². The molecule has 6 aromatic rings. The fourth-order valence-electron chi connectivity index (χ4n) is 9.35. The van der Waals surface area contributed by atoms with Crippen LogP contribution in [-0.4, -0.2) is 68.9 Å². The van der Waals surface area contributed by atoms with E-state index in [1.165, 1.54) is 102 Å². The molecule has 0 fully saturated rings. The van der Waals surface area contributed by atoms with E-state index < -0.39 is 6.10 Å². The first-order chi connectivity index (χ1) is 40.5. The van der Waals surface area contributed by atoms with Gasteiger partial charge in [-0.1, -0.05) is 203 Å². The van der Waals surface area contributed by atoms with Gasteiger partial charge in [-0.2, -0.15) is 0 Å². The van der Waals surface area contributed by atoms with E-state index in [1.54, 1.807) is 48.5 Å². The summed E-state index contributed by atoms with van der Waals surface area (Å²) in [5.74, 6) is 1.89. The van der Waals surface area contributed by atoms with Crippen LogP contribution in [-0.2, 0) is 26.6 Å². The molecule has 0 saturated heterocycles. The van der Waals surface area contributed by atoms with Crippen LogP contribution < -0.4 is 14.2 Å². The third-order valence-electron chi connectivity index (χ3n) is 14.8. The molecule has 1 radical (unpaired) electrons. The Bertz CT molecular complexity index is 2840. The number of hydrogen-bond donors (Lipinski definition) is 3. The fraction of sp³-hybridized carbons (Fsp3) is 0.411. The number of allylic oxidation sites excluding steroid dienone is 2. The van der Waals surface area contributed by atoms with Crippen molar-refractivity contribution >= 4 is 29.1 Å². The van der Waals surface area contributed by atoms with Gasteiger partial charge in [0.05, 0.1) is 49.0 Å². The van der Waals surface area contributed by atoms with Crippen molar-refractivity contribution in [2.75, 3.05) is 26.4 Å². The summed E-state index contributed by atoms with van der Waals surface area (Å²) in [6.07, 6.45) is 24.5. The molecule has 0 saturated carbocycles. The molecular weight excluding hydrogens is 1100 g/mol. The fourth-order valence-corrected chi connectivity index (χ4v) is 9.35. The first-order valence-corrected chi connectivity index (χ1v) is 30.7. The summed E-state index contributed by atoms with van der Waals surface area (Å²) in [5, 5.41) is 30.5. The molecule has 84 heavy (non-hydrogen) atoms. The third kappa shape index (κ3) is 25.1. The number of ketones is 2. The van der Waals surface area contributed by atoms with Crippen molar-refractivity contribution in [1.82, 2.24) is 0 Å². The van der Waals surface area contributed by atoms with Gasteiger partial charge < -0.3 is 34.3 Å². The van der Waals surface area contributed by atoms with Crippen LogP contribution >= 0.6 is 0 Å². The average molecular weight is 1200 g/mol. The molecule has 2 unspecified atom stereocenters. The SMILES string of the molecule is CCCCCCCCCCOc1ccc(-c2ccc(/C(O)=C/C(=[OH+])c3ccc(C(CCCO)OC(=O)C(C)CC)cc3)cc2)cc1.CCCCCCCCCCOc1ccc(-c2ccc(/C(O)=C/C(=[OH+])c3ccc(OCC)cc3)cc2)cc1.[Cu]. The van der Waals surface area contributed by atoms with Gasteiger partial charge in [-0.3, -0.25) is 14.4 Å². The van der Waals surface area contributed by atoms with Crippen LogP contribution in [0, 0.1) is 5.92 Å². The molecule has 10 nitrogen and oxygen atoms in total. The molecule has 0 amide bonds. The molecule has 455 valence electrons. The van der Waals surface area contributed by atoms with E-state index in [2.05, 4.69) is 26.0 Å². The van der Waals surface area contributed by atoms with Crippen molar-refractivity contribution in [1.29, 1.82) is 0 Å². The Balaban J connectivity index is 0.000000364. The number of benzene rings is 6. The Morgan fingerprint density at radius 2 is 0.786 bits per heavy atom. The molecule has 6 rings (SSSR count). The first kappa shape index (κ1) is 69.6. The number of ether oxygens (including phenoxy) is 4. The van der Waals surface area contributed by atoms with Crippen molar-refractivity contribution in [2.45, 2.75) is 163 Å². The minimum atomic E-state index is -0.476. The Labute approximate surface area is 512 Å². The van der Waals surface area contributed by atoms with Gasteiger partial charge in [-0.15, -0.1) is 0 Å². The van der Waals surface area contributed by atoms with Crippen LogP contribution in [0.4, 0.5) is 0 Å². The molecule has 0 aliphatic carbocycles. The van der Waals surface area contributed by atoms with E-state index in [0.717, 1.165) is 71.1 Å². The van der Waals surface area contributed by atoms with Gasteiger partial charge in [-0.05, 0) is 128 Å². The summed E-state index contributed by atoms with van der Waals surface area (Å²) >= 11 is 0. The predicted molar refractivity (Wildman–Crippen MR) is 342 cm³/mol. The van der Waals surface area contributed by atoms with Gasteiger partial charge in [0.15, 0.2) is 0 Å². The van der Waals surface area contributed by atoms with Crippen molar-refractivity contribution in [3.8, 4) is 39.5 Å².